The van der Waals surface area contributed by atoms with Crippen LogP contribution in [-0.4, -0.2) is 48.9 Å². The summed E-state index contributed by atoms with van der Waals surface area (Å²) in [6.45, 7) is 3.15. The van der Waals surface area contributed by atoms with Gasteiger partial charge in [-0.2, -0.15) is 0 Å². The van der Waals surface area contributed by atoms with E-state index in [1.165, 1.54) is 18.4 Å². The SMILES string of the molecule is CCCCOc1ccc(C(=O)NNC(=O)C2CCCN2C(=O)c2cccs2)cc1OC. The summed E-state index contributed by atoms with van der Waals surface area (Å²) >= 11 is 1.34. The molecule has 0 radical (unpaired) electrons. The number of carbonyl (C=O) groups is 3. The van der Waals surface area contributed by atoms with Gasteiger partial charge in [0.05, 0.1) is 18.6 Å². The molecule has 2 aromatic rings. The first-order chi connectivity index (χ1) is 15.0. The maximum atomic E-state index is 12.6. The number of ether oxygens (including phenoxy) is 2. The number of likely N-dealkylation sites (tertiary alicyclic amines) is 1. The number of hydrogen-bond donors (Lipinski definition) is 2. The Hall–Kier alpha value is -3.07. The topological polar surface area (TPSA) is 97.0 Å². The lowest BCUT2D eigenvalue weighted by Crippen LogP contribution is -2.51. The fourth-order valence-electron chi connectivity index (χ4n) is 3.35. The Morgan fingerprint density at radius 1 is 1.19 bits per heavy atom. The third-order valence-electron chi connectivity index (χ3n) is 5.03. The number of rotatable bonds is 8. The zero-order valence-corrected chi connectivity index (χ0v) is 18.5. The van der Waals surface area contributed by atoms with E-state index >= 15 is 0 Å². The average Bonchev–Trinajstić information content (AvgIpc) is 3.49. The highest BCUT2D eigenvalue weighted by atomic mass is 32.1. The fourth-order valence-corrected chi connectivity index (χ4v) is 4.03. The van der Waals surface area contributed by atoms with E-state index < -0.39 is 17.9 Å². The first kappa shape index (κ1) is 22.6. The Bertz CT molecular complexity index is 916. The van der Waals surface area contributed by atoms with E-state index in [2.05, 4.69) is 17.8 Å². The van der Waals surface area contributed by atoms with Crippen LogP contribution in [0.1, 0.15) is 52.6 Å². The van der Waals surface area contributed by atoms with E-state index in [1.54, 1.807) is 35.2 Å². The van der Waals surface area contributed by atoms with Crippen molar-refractivity contribution in [1.29, 1.82) is 0 Å². The second-order valence-electron chi connectivity index (χ2n) is 7.14. The molecule has 1 fully saturated rings. The Labute approximate surface area is 185 Å². The van der Waals surface area contributed by atoms with Gasteiger partial charge in [0.1, 0.15) is 6.04 Å². The molecule has 9 heteroatoms. The van der Waals surface area contributed by atoms with E-state index in [0.717, 1.165) is 19.3 Å². The molecule has 1 aromatic heterocycles. The van der Waals surface area contributed by atoms with Crippen molar-refractivity contribution in [1.82, 2.24) is 15.8 Å². The Balaban J connectivity index is 1.58. The van der Waals surface area contributed by atoms with E-state index in [4.69, 9.17) is 9.47 Å². The predicted molar refractivity (Wildman–Crippen MR) is 117 cm³/mol. The zero-order valence-electron chi connectivity index (χ0n) is 17.7. The molecule has 1 aromatic carbocycles. The Morgan fingerprint density at radius 3 is 2.74 bits per heavy atom. The zero-order chi connectivity index (χ0) is 22.2. The summed E-state index contributed by atoms with van der Waals surface area (Å²) in [6, 6.07) is 7.77. The van der Waals surface area contributed by atoms with Crippen LogP contribution in [0.15, 0.2) is 35.7 Å². The third kappa shape index (κ3) is 5.55. The quantitative estimate of drug-likeness (QED) is 0.481. The number of carbonyl (C=O) groups excluding carboxylic acids is 3. The molecule has 3 rings (SSSR count). The van der Waals surface area contributed by atoms with Gasteiger partial charge in [-0.1, -0.05) is 19.4 Å². The second-order valence-corrected chi connectivity index (χ2v) is 8.09. The minimum Gasteiger partial charge on any atom is -0.493 e. The van der Waals surface area contributed by atoms with Crippen molar-refractivity contribution in [2.45, 2.75) is 38.6 Å². The number of hydrogen-bond acceptors (Lipinski definition) is 6. The third-order valence-corrected chi connectivity index (χ3v) is 5.89. The van der Waals surface area contributed by atoms with Crippen molar-refractivity contribution in [3.05, 3.63) is 46.2 Å². The standard InChI is InChI=1S/C22H27N3O5S/c1-3-4-12-30-17-10-9-15(14-18(17)29-2)20(26)23-24-21(27)16-7-5-11-25(16)22(28)19-8-6-13-31-19/h6,8-10,13-14,16H,3-5,7,11-12H2,1-2H3,(H,23,26)(H,24,27). The van der Waals surface area contributed by atoms with Gasteiger partial charge in [-0.15, -0.1) is 11.3 Å². The molecule has 1 aliphatic rings. The van der Waals surface area contributed by atoms with E-state index in [1.807, 2.05) is 5.38 Å². The molecule has 31 heavy (non-hydrogen) atoms. The second kappa shape index (κ2) is 10.8. The lowest BCUT2D eigenvalue weighted by molar-refractivity contribution is -0.125. The Morgan fingerprint density at radius 2 is 2.03 bits per heavy atom. The average molecular weight is 446 g/mol. The molecule has 2 heterocycles. The molecule has 1 saturated heterocycles. The summed E-state index contributed by atoms with van der Waals surface area (Å²) in [5.74, 6) is -0.0608. The highest BCUT2D eigenvalue weighted by Gasteiger charge is 2.35. The van der Waals surface area contributed by atoms with Gasteiger partial charge in [0.25, 0.3) is 17.7 Å². The van der Waals surface area contributed by atoms with Crippen LogP contribution in [0.5, 0.6) is 11.5 Å². The van der Waals surface area contributed by atoms with Gasteiger partial charge >= 0.3 is 0 Å². The van der Waals surface area contributed by atoms with Crippen molar-refractivity contribution in [3.63, 3.8) is 0 Å². The lowest BCUT2D eigenvalue weighted by atomic mass is 10.2. The van der Waals surface area contributed by atoms with Crippen molar-refractivity contribution in [2.24, 2.45) is 0 Å². The fraction of sp³-hybridized carbons (Fsp3) is 0.409. The molecule has 8 nitrogen and oxygen atoms in total. The van der Waals surface area contributed by atoms with Gasteiger partial charge in [-0.05, 0) is 48.9 Å². The van der Waals surface area contributed by atoms with E-state index in [0.29, 0.717) is 41.5 Å². The van der Waals surface area contributed by atoms with Gasteiger partial charge in [0.2, 0.25) is 0 Å². The summed E-state index contributed by atoms with van der Waals surface area (Å²) < 4.78 is 11.0. The first-order valence-electron chi connectivity index (χ1n) is 10.3. The molecule has 0 aliphatic carbocycles. The van der Waals surface area contributed by atoms with Crippen LogP contribution in [0.3, 0.4) is 0 Å². The molecular formula is C22H27N3O5S. The van der Waals surface area contributed by atoms with Crippen molar-refractivity contribution >= 4 is 29.1 Å². The van der Waals surface area contributed by atoms with Gasteiger partial charge in [0, 0.05) is 12.1 Å². The van der Waals surface area contributed by atoms with Crippen molar-refractivity contribution in [3.8, 4) is 11.5 Å². The predicted octanol–water partition coefficient (Wildman–Crippen LogP) is 3.00. The van der Waals surface area contributed by atoms with Gasteiger partial charge in [-0.25, -0.2) is 0 Å². The van der Waals surface area contributed by atoms with Gasteiger partial charge in [-0.3, -0.25) is 25.2 Å². The number of methoxy groups -OCH3 is 1. The van der Waals surface area contributed by atoms with Crippen LogP contribution in [0.25, 0.3) is 0 Å². The van der Waals surface area contributed by atoms with Crippen molar-refractivity contribution in [2.75, 3.05) is 20.3 Å². The molecule has 2 N–H and O–H groups in total. The lowest BCUT2D eigenvalue weighted by Gasteiger charge is -2.23. The summed E-state index contributed by atoms with van der Waals surface area (Å²) in [5, 5.41) is 1.83. The molecule has 0 saturated carbocycles. The maximum absolute atomic E-state index is 12.6. The highest BCUT2D eigenvalue weighted by Crippen LogP contribution is 2.28. The van der Waals surface area contributed by atoms with Crippen LogP contribution in [0, 0.1) is 0 Å². The highest BCUT2D eigenvalue weighted by molar-refractivity contribution is 7.12. The molecule has 1 aliphatic heterocycles. The monoisotopic (exact) mass is 445 g/mol. The number of nitrogens with one attached hydrogen (secondary N) is 2. The molecule has 1 atom stereocenters. The molecule has 0 spiro atoms. The van der Waals surface area contributed by atoms with Crippen LogP contribution < -0.4 is 20.3 Å². The number of hydrazine groups is 1. The molecule has 166 valence electrons. The van der Waals surface area contributed by atoms with Crippen molar-refractivity contribution < 1.29 is 23.9 Å². The maximum Gasteiger partial charge on any atom is 0.269 e. The minimum atomic E-state index is -0.612. The van der Waals surface area contributed by atoms with Crippen LogP contribution in [0.2, 0.25) is 0 Å². The Kier molecular flexibility index (Phi) is 7.88. The summed E-state index contributed by atoms with van der Waals surface area (Å²) in [5.41, 5.74) is 5.19. The first-order valence-corrected chi connectivity index (χ1v) is 11.2. The smallest absolute Gasteiger partial charge is 0.269 e. The van der Waals surface area contributed by atoms with E-state index in [9.17, 15) is 14.4 Å². The summed E-state index contributed by atoms with van der Waals surface area (Å²) in [7, 11) is 1.50. The largest absolute Gasteiger partial charge is 0.493 e. The number of benzene rings is 1. The number of amides is 3. The van der Waals surface area contributed by atoms with Crippen LogP contribution in [0.4, 0.5) is 0 Å². The van der Waals surface area contributed by atoms with Gasteiger partial charge in [0.15, 0.2) is 11.5 Å². The number of thiophene rings is 1. The summed E-state index contributed by atoms with van der Waals surface area (Å²) in [6.07, 6.45) is 3.22. The van der Waals surface area contributed by atoms with Crippen LogP contribution in [-0.2, 0) is 4.79 Å². The normalized spacial score (nSPS) is 15.4. The molecule has 3 amide bonds. The van der Waals surface area contributed by atoms with Gasteiger partial charge < -0.3 is 14.4 Å². The van der Waals surface area contributed by atoms with Crippen LogP contribution >= 0.6 is 11.3 Å². The number of unbranched alkanes of at least 4 members (excludes halogenated alkanes) is 1. The minimum absolute atomic E-state index is 0.164. The summed E-state index contributed by atoms with van der Waals surface area (Å²) in [4.78, 5) is 39.9. The number of nitrogens with zero attached hydrogens (tertiary/aromatic N) is 1. The van der Waals surface area contributed by atoms with E-state index in [-0.39, 0.29) is 5.91 Å². The molecular weight excluding hydrogens is 418 g/mol. The molecule has 1 unspecified atom stereocenters. The molecule has 0 bridgehead atoms.